The van der Waals surface area contributed by atoms with Crippen LogP contribution in [0.3, 0.4) is 0 Å². The summed E-state index contributed by atoms with van der Waals surface area (Å²) in [5, 5.41) is 6.28. The molecule has 0 radical (unpaired) electrons. The highest BCUT2D eigenvalue weighted by molar-refractivity contribution is 5.40. The molecule has 0 aliphatic rings. The predicted octanol–water partition coefficient (Wildman–Crippen LogP) is 0.622. The number of hydrogen-bond donors (Lipinski definition) is 2. The highest BCUT2D eigenvalue weighted by atomic mass is 16.5. The van der Waals surface area contributed by atoms with Gasteiger partial charge in [-0.25, -0.2) is 14.3 Å². The fraction of sp³-hybridized carbons (Fsp3) is 0.583. The second-order valence-corrected chi connectivity index (χ2v) is 4.72. The summed E-state index contributed by atoms with van der Waals surface area (Å²) < 4.78 is 7.04. The minimum atomic E-state index is -0.354. The van der Waals surface area contributed by atoms with Crippen LogP contribution in [0, 0.1) is 6.92 Å². The van der Waals surface area contributed by atoms with Gasteiger partial charge in [-0.05, 0) is 19.8 Å². The Morgan fingerprint density at radius 3 is 2.79 bits per heavy atom. The molecule has 19 heavy (non-hydrogen) atoms. The van der Waals surface area contributed by atoms with Gasteiger partial charge in [0, 0.05) is 11.6 Å². The second kappa shape index (κ2) is 5.00. The molecule has 3 N–H and O–H groups in total. The van der Waals surface area contributed by atoms with Crippen molar-refractivity contribution in [3.05, 3.63) is 22.4 Å². The fourth-order valence-electron chi connectivity index (χ4n) is 1.82. The first-order valence-corrected chi connectivity index (χ1v) is 6.35. The Morgan fingerprint density at radius 2 is 2.16 bits per heavy atom. The molecule has 0 aliphatic heterocycles. The Balaban J connectivity index is 2.25. The van der Waals surface area contributed by atoms with E-state index < -0.39 is 0 Å². The van der Waals surface area contributed by atoms with Crippen molar-refractivity contribution in [2.24, 2.45) is 5.73 Å². The van der Waals surface area contributed by atoms with Crippen LogP contribution < -0.4 is 16.2 Å². The van der Waals surface area contributed by atoms with Crippen molar-refractivity contribution < 1.29 is 4.74 Å². The predicted molar refractivity (Wildman–Crippen MR) is 71.3 cm³/mol. The van der Waals surface area contributed by atoms with E-state index in [0.29, 0.717) is 24.0 Å². The van der Waals surface area contributed by atoms with Gasteiger partial charge in [-0.3, -0.25) is 0 Å². The van der Waals surface area contributed by atoms with E-state index in [0.717, 1.165) is 12.8 Å². The van der Waals surface area contributed by atoms with Crippen LogP contribution in [0.5, 0.6) is 5.88 Å². The highest BCUT2D eigenvalue weighted by Crippen LogP contribution is 2.15. The number of nitrogens with zero attached hydrogens (tertiary/aromatic N) is 3. The number of H-pyrrole nitrogens is 1. The SMILES string of the molecule is CCC(N)(CC)COc1cc2n[nH]c(=O)n2c(C)n1. The number of rotatable bonds is 5. The Labute approximate surface area is 110 Å². The number of aromatic amines is 1. The lowest BCUT2D eigenvalue weighted by atomic mass is 9.96. The van der Waals surface area contributed by atoms with Gasteiger partial charge in [0.1, 0.15) is 12.4 Å². The summed E-state index contributed by atoms with van der Waals surface area (Å²) in [5.41, 5.74) is 6.00. The normalized spacial score (nSPS) is 12.0. The molecule has 7 heteroatoms. The van der Waals surface area contributed by atoms with Crippen molar-refractivity contribution in [3.63, 3.8) is 0 Å². The van der Waals surface area contributed by atoms with Gasteiger partial charge in [0.05, 0.1) is 0 Å². The molecule has 7 nitrogen and oxygen atoms in total. The zero-order valence-corrected chi connectivity index (χ0v) is 11.4. The number of aromatic nitrogens is 4. The molecule has 0 bridgehead atoms. The maximum atomic E-state index is 11.5. The van der Waals surface area contributed by atoms with Gasteiger partial charge in [0.2, 0.25) is 5.88 Å². The largest absolute Gasteiger partial charge is 0.476 e. The minimum absolute atomic E-state index is 0.304. The maximum absolute atomic E-state index is 11.5. The van der Waals surface area contributed by atoms with Crippen LogP contribution in [0.1, 0.15) is 32.5 Å². The molecule has 2 rings (SSSR count). The lowest BCUT2D eigenvalue weighted by Gasteiger charge is -2.26. The fourth-order valence-corrected chi connectivity index (χ4v) is 1.82. The molecule has 0 spiro atoms. The smallest absolute Gasteiger partial charge is 0.349 e. The Hall–Kier alpha value is -1.89. The van der Waals surface area contributed by atoms with Crippen LogP contribution in [0.2, 0.25) is 0 Å². The summed E-state index contributed by atoms with van der Waals surface area (Å²) in [7, 11) is 0. The molecule has 104 valence electrons. The van der Waals surface area contributed by atoms with Gasteiger partial charge in [-0.2, -0.15) is 10.1 Å². The third kappa shape index (κ3) is 2.60. The van der Waals surface area contributed by atoms with E-state index in [9.17, 15) is 4.79 Å². The van der Waals surface area contributed by atoms with Crippen LogP contribution in [-0.4, -0.2) is 31.7 Å². The molecule has 2 heterocycles. The van der Waals surface area contributed by atoms with Crippen molar-refractivity contribution in [1.82, 2.24) is 19.6 Å². The van der Waals surface area contributed by atoms with Crippen molar-refractivity contribution in [2.45, 2.75) is 39.2 Å². The summed E-state index contributed by atoms with van der Waals surface area (Å²) in [6.45, 7) is 6.17. The Morgan fingerprint density at radius 1 is 1.47 bits per heavy atom. The van der Waals surface area contributed by atoms with E-state index in [1.54, 1.807) is 13.0 Å². The van der Waals surface area contributed by atoms with E-state index in [1.807, 2.05) is 13.8 Å². The molecule has 0 aliphatic carbocycles. The van der Waals surface area contributed by atoms with Gasteiger partial charge in [0.15, 0.2) is 5.65 Å². The first-order chi connectivity index (χ1) is 8.99. The molecule has 2 aromatic rings. The first kappa shape index (κ1) is 13.5. The van der Waals surface area contributed by atoms with Gasteiger partial charge in [0.25, 0.3) is 0 Å². The molecule has 0 amide bonds. The van der Waals surface area contributed by atoms with Crippen LogP contribution in [0.25, 0.3) is 5.65 Å². The number of aryl methyl sites for hydroxylation is 1. The molecular formula is C12H19N5O2. The van der Waals surface area contributed by atoms with Crippen LogP contribution in [0.15, 0.2) is 10.9 Å². The van der Waals surface area contributed by atoms with Gasteiger partial charge in [-0.15, -0.1) is 0 Å². The van der Waals surface area contributed by atoms with Crippen molar-refractivity contribution in [1.29, 1.82) is 0 Å². The summed E-state index contributed by atoms with van der Waals surface area (Å²) in [5.74, 6) is 0.961. The van der Waals surface area contributed by atoms with Crippen molar-refractivity contribution >= 4 is 5.65 Å². The standard InChI is InChI=1S/C12H19N5O2/c1-4-12(13,5-2)7-19-10-6-9-15-16-11(18)17(9)8(3)14-10/h6H,4-5,7,13H2,1-3H3,(H,16,18). The van der Waals surface area contributed by atoms with E-state index in [2.05, 4.69) is 15.2 Å². The summed E-state index contributed by atoms with van der Waals surface area (Å²) in [6, 6.07) is 1.62. The van der Waals surface area contributed by atoms with Gasteiger partial charge in [-0.1, -0.05) is 13.8 Å². The minimum Gasteiger partial charge on any atom is -0.476 e. The first-order valence-electron chi connectivity index (χ1n) is 6.35. The molecule has 2 aromatic heterocycles. The number of nitrogens with two attached hydrogens (primary N) is 1. The number of hydrogen-bond acceptors (Lipinski definition) is 5. The molecule has 0 fully saturated rings. The second-order valence-electron chi connectivity index (χ2n) is 4.72. The molecule has 0 atom stereocenters. The van der Waals surface area contributed by atoms with Crippen LogP contribution >= 0.6 is 0 Å². The van der Waals surface area contributed by atoms with Gasteiger partial charge >= 0.3 is 5.69 Å². The summed E-state index contributed by atoms with van der Waals surface area (Å²) >= 11 is 0. The number of ether oxygens (including phenoxy) is 1. The lowest BCUT2D eigenvalue weighted by Crippen LogP contribution is -2.44. The Kier molecular flexibility index (Phi) is 3.57. The topological polar surface area (TPSA) is 98.3 Å². The maximum Gasteiger partial charge on any atom is 0.349 e. The average Bonchev–Trinajstić information content (AvgIpc) is 2.78. The highest BCUT2D eigenvalue weighted by Gasteiger charge is 2.21. The molecule has 0 aromatic carbocycles. The third-order valence-corrected chi connectivity index (χ3v) is 3.46. The molecular weight excluding hydrogens is 246 g/mol. The lowest BCUT2D eigenvalue weighted by molar-refractivity contribution is 0.200. The molecule has 0 saturated carbocycles. The van der Waals surface area contributed by atoms with Gasteiger partial charge < -0.3 is 10.5 Å². The molecule has 0 unspecified atom stereocenters. The Bertz CT molecular complexity index is 627. The number of fused-ring (bicyclic) bond motifs is 1. The zero-order valence-electron chi connectivity index (χ0n) is 11.4. The van der Waals surface area contributed by atoms with Crippen LogP contribution in [0.4, 0.5) is 0 Å². The third-order valence-electron chi connectivity index (χ3n) is 3.46. The monoisotopic (exact) mass is 265 g/mol. The van der Waals surface area contributed by atoms with E-state index >= 15 is 0 Å². The van der Waals surface area contributed by atoms with Crippen LogP contribution in [-0.2, 0) is 0 Å². The summed E-state index contributed by atoms with van der Waals surface area (Å²) in [4.78, 5) is 15.7. The average molecular weight is 265 g/mol. The zero-order chi connectivity index (χ0) is 14.0. The number of nitrogens with one attached hydrogen (secondary N) is 1. The van der Waals surface area contributed by atoms with Crippen molar-refractivity contribution in [2.75, 3.05) is 6.61 Å². The van der Waals surface area contributed by atoms with E-state index in [1.165, 1.54) is 4.40 Å². The van der Waals surface area contributed by atoms with E-state index in [-0.39, 0.29) is 11.2 Å². The molecule has 0 saturated heterocycles. The quantitative estimate of drug-likeness (QED) is 0.826. The van der Waals surface area contributed by atoms with Crippen molar-refractivity contribution in [3.8, 4) is 5.88 Å². The van der Waals surface area contributed by atoms with E-state index in [4.69, 9.17) is 10.5 Å². The summed E-state index contributed by atoms with van der Waals surface area (Å²) in [6.07, 6.45) is 1.65.